The van der Waals surface area contributed by atoms with E-state index in [-0.39, 0.29) is 23.7 Å². The second-order valence-electron chi connectivity index (χ2n) is 4.34. The van der Waals surface area contributed by atoms with Crippen LogP contribution >= 0.6 is 0 Å². The van der Waals surface area contributed by atoms with Crippen LogP contribution in [0.3, 0.4) is 0 Å². The van der Waals surface area contributed by atoms with E-state index in [4.69, 9.17) is 10.2 Å². The fourth-order valence-electron chi connectivity index (χ4n) is 1.96. The Balaban J connectivity index is 1.99. The van der Waals surface area contributed by atoms with Crippen LogP contribution < -0.4 is 0 Å². The predicted molar refractivity (Wildman–Crippen MR) is 59.7 cm³/mol. The van der Waals surface area contributed by atoms with Gasteiger partial charge in [0.05, 0.1) is 12.0 Å². The standard InChI is InChI=1S/C12H12FNO4/c13-10-4-8(15)1-2-9(10)12(18)14-5-7(6-14)3-11(16)17/h1-2,4,7,15H,3,5-6H2,(H,16,17). The summed E-state index contributed by atoms with van der Waals surface area (Å²) >= 11 is 0. The van der Waals surface area contributed by atoms with Crippen molar-refractivity contribution in [3.63, 3.8) is 0 Å². The molecule has 0 spiro atoms. The molecule has 0 aromatic heterocycles. The van der Waals surface area contributed by atoms with Gasteiger partial charge in [-0.15, -0.1) is 0 Å². The number of hydrogen-bond acceptors (Lipinski definition) is 3. The number of nitrogens with zero attached hydrogens (tertiary/aromatic N) is 1. The molecule has 0 bridgehead atoms. The number of phenols is 1. The molecule has 2 N–H and O–H groups in total. The molecule has 1 aromatic carbocycles. The highest BCUT2D eigenvalue weighted by atomic mass is 19.1. The van der Waals surface area contributed by atoms with Gasteiger partial charge >= 0.3 is 5.97 Å². The summed E-state index contributed by atoms with van der Waals surface area (Å²) in [6, 6.07) is 3.34. The largest absolute Gasteiger partial charge is 0.508 e. The van der Waals surface area contributed by atoms with Crippen molar-refractivity contribution in [1.82, 2.24) is 4.90 Å². The monoisotopic (exact) mass is 253 g/mol. The van der Waals surface area contributed by atoms with Gasteiger partial charge in [0.1, 0.15) is 11.6 Å². The predicted octanol–water partition coefficient (Wildman–Crippen LogP) is 1.08. The fraction of sp³-hybridized carbons (Fsp3) is 0.333. The van der Waals surface area contributed by atoms with Gasteiger partial charge < -0.3 is 15.1 Å². The number of aliphatic carboxylic acids is 1. The zero-order valence-electron chi connectivity index (χ0n) is 9.47. The molecule has 1 amide bonds. The van der Waals surface area contributed by atoms with Crippen LogP contribution in [0.25, 0.3) is 0 Å². The minimum atomic E-state index is -0.900. The molecule has 96 valence electrons. The summed E-state index contributed by atoms with van der Waals surface area (Å²) in [7, 11) is 0. The molecule has 0 saturated carbocycles. The second-order valence-corrected chi connectivity index (χ2v) is 4.34. The molecule has 1 aliphatic heterocycles. The number of halogens is 1. The summed E-state index contributed by atoms with van der Waals surface area (Å²) in [6.45, 7) is 0.650. The number of carbonyl (C=O) groups is 2. The smallest absolute Gasteiger partial charge is 0.303 e. The second kappa shape index (κ2) is 4.64. The highest BCUT2D eigenvalue weighted by Crippen LogP contribution is 2.23. The van der Waals surface area contributed by atoms with Crippen LogP contribution in [0.4, 0.5) is 4.39 Å². The van der Waals surface area contributed by atoms with E-state index in [9.17, 15) is 14.0 Å². The van der Waals surface area contributed by atoms with Crippen LogP contribution in [0.15, 0.2) is 18.2 Å². The number of carboxylic acids is 1. The third-order valence-electron chi connectivity index (χ3n) is 2.89. The summed E-state index contributed by atoms with van der Waals surface area (Å²) in [4.78, 5) is 23.7. The topological polar surface area (TPSA) is 77.8 Å². The van der Waals surface area contributed by atoms with Crippen molar-refractivity contribution in [1.29, 1.82) is 0 Å². The number of hydrogen-bond donors (Lipinski definition) is 2. The van der Waals surface area contributed by atoms with Crippen molar-refractivity contribution in [2.75, 3.05) is 13.1 Å². The molecule has 5 nitrogen and oxygen atoms in total. The number of rotatable bonds is 3. The van der Waals surface area contributed by atoms with Gasteiger partial charge in [-0.25, -0.2) is 4.39 Å². The molecule has 0 aliphatic carbocycles. The van der Waals surface area contributed by atoms with Crippen LogP contribution in [0.1, 0.15) is 16.8 Å². The zero-order valence-corrected chi connectivity index (χ0v) is 9.47. The number of aromatic hydroxyl groups is 1. The molecule has 1 aromatic rings. The van der Waals surface area contributed by atoms with Gasteiger partial charge in [0.2, 0.25) is 0 Å². The van der Waals surface area contributed by atoms with Gasteiger partial charge in [-0.1, -0.05) is 0 Å². The Morgan fingerprint density at radius 3 is 2.61 bits per heavy atom. The first-order chi connectivity index (χ1) is 8.47. The number of likely N-dealkylation sites (tertiary alicyclic amines) is 1. The molecule has 1 aliphatic rings. The number of benzene rings is 1. The molecule has 1 fully saturated rings. The van der Waals surface area contributed by atoms with E-state index in [2.05, 4.69) is 0 Å². The summed E-state index contributed by atoms with van der Waals surface area (Å²) in [5, 5.41) is 17.6. The molecule has 0 unspecified atom stereocenters. The Hall–Kier alpha value is -2.11. The Morgan fingerprint density at radius 1 is 1.39 bits per heavy atom. The normalized spacial score (nSPS) is 15.3. The number of amides is 1. The maximum Gasteiger partial charge on any atom is 0.303 e. The highest BCUT2D eigenvalue weighted by molar-refractivity contribution is 5.95. The van der Waals surface area contributed by atoms with E-state index in [1.165, 1.54) is 17.0 Å². The summed E-state index contributed by atoms with van der Waals surface area (Å²) < 4.78 is 13.4. The van der Waals surface area contributed by atoms with Gasteiger partial charge in [0.25, 0.3) is 5.91 Å². The van der Waals surface area contributed by atoms with Crippen LogP contribution in [-0.4, -0.2) is 40.1 Å². The minimum absolute atomic E-state index is 0.0157. The SMILES string of the molecule is O=C(O)CC1CN(C(=O)c2ccc(O)cc2F)C1. The quantitative estimate of drug-likeness (QED) is 0.844. The van der Waals surface area contributed by atoms with E-state index in [0.29, 0.717) is 13.1 Å². The molecule has 1 saturated heterocycles. The van der Waals surface area contributed by atoms with E-state index >= 15 is 0 Å². The van der Waals surface area contributed by atoms with Gasteiger partial charge in [-0.3, -0.25) is 9.59 Å². The van der Waals surface area contributed by atoms with Crippen LogP contribution in [0, 0.1) is 11.7 Å². The Bertz CT molecular complexity index is 497. The van der Waals surface area contributed by atoms with Crippen molar-refractivity contribution >= 4 is 11.9 Å². The average Bonchev–Trinajstić information content (AvgIpc) is 2.21. The fourth-order valence-corrected chi connectivity index (χ4v) is 1.96. The van der Waals surface area contributed by atoms with E-state index < -0.39 is 17.7 Å². The van der Waals surface area contributed by atoms with E-state index in [1.807, 2.05) is 0 Å². The van der Waals surface area contributed by atoms with Crippen molar-refractivity contribution in [3.8, 4) is 5.75 Å². The first-order valence-electron chi connectivity index (χ1n) is 5.47. The maximum atomic E-state index is 13.4. The molecule has 1 heterocycles. The lowest BCUT2D eigenvalue weighted by Crippen LogP contribution is -2.50. The lowest BCUT2D eigenvalue weighted by atomic mass is 9.95. The van der Waals surface area contributed by atoms with Gasteiger partial charge in [-0.05, 0) is 12.1 Å². The van der Waals surface area contributed by atoms with Gasteiger partial charge in [-0.2, -0.15) is 0 Å². The van der Waals surface area contributed by atoms with Crippen molar-refractivity contribution in [2.24, 2.45) is 5.92 Å². The number of phenolic OH excluding ortho intramolecular Hbond substituents is 1. The van der Waals surface area contributed by atoms with Crippen molar-refractivity contribution < 1.29 is 24.2 Å². The summed E-state index contributed by atoms with van der Waals surface area (Å²) in [5.74, 6) is -2.46. The van der Waals surface area contributed by atoms with Gasteiger partial charge in [0, 0.05) is 25.1 Å². The third-order valence-corrected chi connectivity index (χ3v) is 2.89. The highest BCUT2D eigenvalue weighted by Gasteiger charge is 2.33. The van der Waals surface area contributed by atoms with Crippen LogP contribution in [0.5, 0.6) is 5.75 Å². The molecule has 0 radical (unpaired) electrons. The summed E-state index contributed by atoms with van der Waals surface area (Å²) in [5.41, 5.74) is -0.110. The number of carboxylic acid groups (broad SMARTS) is 1. The lowest BCUT2D eigenvalue weighted by molar-refractivity contribution is -0.139. The molecule has 2 rings (SSSR count). The zero-order chi connectivity index (χ0) is 13.3. The van der Waals surface area contributed by atoms with Crippen LogP contribution in [0.2, 0.25) is 0 Å². The molecular weight excluding hydrogens is 241 g/mol. The molecule has 18 heavy (non-hydrogen) atoms. The molecule has 6 heteroatoms. The first-order valence-corrected chi connectivity index (χ1v) is 5.47. The van der Waals surface area contributed by atoms with Gasteiger partial charge in [0.15, 0.2) is 0 Å². The van der Waals surface area contributed by atoms with Crippen molar-refractivity contribution in [2.45, 2.75) is 6.42 Å². The molecule has 0 atom stereocenters. The lowest BCUT2D eigenvalue weighted by Gasteiger charge is -2.38. The average molecular weight is 253 g/mol. The Morgan fingerprint density at radius 2 is 2.06 bits per heavy atom. The number of carbonyl (C=O) groups excluding carboxylic acids is 1. The minimum Gasteiger partial charge on any atom is -0.508 e. The van der Waals surface area contributed by atoms with E-state index in [1.54, 1.807) is 0 Å². The third kappa shape index (κ3) is 2.42. The Kier molecular flexibility index (Phi) is 3.18. The first kappa shape index (κ1) is 12.3. The Labute approximate surface area is 102 Å². The molecular formula is C12H12FNO4. The van der Waals surface area contributed by atoms with E-state index in [0.717, 1.165) is 6.07 Å². The van der Waals surface area contributed by atoms with Crippen molar-refractivity contribution in [3.05, 3.63) is 29.6 Å². The maximum absolute atomic E-state index is 13.4. The van der Waals surface area contributed by atoms with Crippen LogP contribution in [-0.2, 0) is 4.79 Å². The summed E-state index contributed by atoms with van der Waals surface area (Å²) in [6.07, 6.45) is 0.0157.